The fourth-order valence-electron chi connectivity index (χ4n) is 2.17. The summed E-state index contributed by atoms with van der Waals surface area (Å²) >= 11 is 0. The molecule has 6 nitrogen and oxygen atoms in total. The summed E-state index contributed by atoms with van der Waals surface area (Å²) in [6.45, 7) is 1.71. The van der Waals surface area contributed by atoms with Gasteiger partial charge in [0.2, 0.25) is 0 Å². The molecule has 0 fully saturated rings. The Morgan fingerprint density at radius 2 is 1.62 bits per heavy atom. The van der Waals surface area contributed by atoms with Crippen LogP contribution in [0.2, 0.25) is 0 Å². The van der Waals surface area contributed by atoms with E-state index in [0.29, 0.717) is 17.1 Å². The first-order valence-electron chi connectivity index (χ1n) is 7.30. The minimum atomic E-state index is -3.67. The van der Waals surface area contributed by atoms with Crippen LogP contribution < -0.4 is 9.46 Å². The first-order valence-corrected chi connectivity index (χ1v) is 8.78. The normalized spacial score (nSPS) is 11.2. The van der Waals surface area contributed by atoms with Crippen LogP contribution in [0.5, 0.6) is 11.5 Å². The SMILES string of the molecule is Cc1c(S(=O)(=O)Nc2ccc(Oc3ccccc3)cc2)cnn1C. The van der Waals surface area contributed by atoms with Crippen LogP contribution in [0.3, 0.4) is 0 Å². The average molecular weight is 343 g/mol. The van der Waals surface area contributed by atoms with Crippen LogP contribution in [0.4, 0.5) is 5.69 Å². The van der Waals surface area contributed by atoms with Crippen molar-refractivity contribution in [2.75, 3.05) is 4.72 Å². The Balaban J connectivity index is 1.75. The molecule has 0 aliphatic carbocycles. The molecule has 2 aromatic carbocycles. The highest BCUT2D eigenvalue weighted by atomic mass is 32.2. The van der Waals surface area contributed by atoms with Crippen LogP contribution in [-0.2, 0) is 17.1 Å². The van der Waals surface area contributed by atoms with Gasteiger partial charge in [0, 0.05) is 12.7 Å². The molecule has 1 heterocycles. The summed E-state index contributed by atoms with van der Waals surface area (Å²) in [5.41, 5.74) is 1.03. The van der Waals surface area contributed by atoms with E-state index >= 15 is 0 Å². The lowest BCUT2D eigenvalue weighted by Gasteiger charge is -2.09. The molecule has 0 radical (unpaired) electrons. The van der Waals surface area contributed by atoms with Crippen molar-refractivity contribution >= 4 is 15.7 Å². The molecule has 0 amide bonds. The van der Waals surface area contributed by atoms with Crippen LogP contribution in [0.15, 0.2) is 65.7 Å². The molecule has 24 heavy (non-hydrogen) atoms. The summed E-state index contributed by atoms with van der Waals surface area (Å²) in [5.74, 6) is 1.35. The summed E-state index contributed by atoms with van der Waals surface area (Å²) in [6.07, 6.45) is 1.34. The van der Waals surface area contributed by atoms with Crippen molar-refractivity contribution in [1.29, 1.82) is 0 Å². The number of para-hydroxylation sites is 1. The van der Waals surface area contributed by atoms with Gasteiger partial charge in [0.15, 0.2) is 0 Å². The van der Waals surface area contributed by atoms with Crippen LogP contribution in [0.1, 0.15) is 5.69 Å². The third-order valence-corrected chi connectivity index (χ3v) is 5.05. The molecule has 0 aliphatic heterocycles. The number of aryl methyl sites for hydroxylation is 1. The summed E-state index contributed by atoms with van der Waals surface area (Å²) in [6, 6.07) is 16.1. The summed E-state index contributed by atoms with van der Waals surface area (Å²) in [5, 5.41) is 3.96. The Morgan fingerprint density at radius 3 is 2.21 bits per heavy atom. The Morgan fingerprint density at radius 1 is 1.00 bits per heavy atom. The van der Waals surface area contributed by atoms with E-state index in [0.717, 1.165) is 5.75 Å². The van der Waals surface area contributed by atoms with E-state index in [-0.39, 0.29) is 4.90 Å². The molecule has 0 saturated heterocycles. The van der Waals surface area contributed by atoms with Gasteiger partial charge < -0.3 is 4.74 Å². The lowest BCUT2D eigenvalue weighted by atomic mass is 10.3. The number of nitrogens with one attached hydrogen (secondary N) is 1. The number of nitrogens with zero attached hydrogens (tertiary/aromatic N) is 2. The zero-order chi connectivity index (χ0) is 17.2. The first kappa shape index (κ1) is 16.1. The molecule has 1 aromatic heterocycles. The molecular formula is C17H17N3O3S. The van der Waals surface area contributed by atoms with Gasteiger partial charge in [-0.2, -0.15) is 5.10 Å². The van der Waals surface area contributed by atoms with E-state index in [1.54, 1.807) is 38.2 Å². The van der Waals surface area contributed by atoms with Crippen molar-refractivity contribution < 1.29 is 13.2 Å². The zero-order valence-electron chi connectivity index (χ0n) is 13.3. The minimum Gasteiger partial charge on any atom is -0.457 e. The van der Waals surface area contributed by atoms with Crippen LogP contribution >= 0.6 is 0 Å². The van der Waals surface area contributed by atoms with Crippen LogP contribution in [0.25, 0.3) is 0 Å². The number of aromatic nitrogens is 2. The molecule has 3 rings (SSSR count). The maximum Gasteiger partial charge on any atom is 0.265 e. The molecule has 124 valence electrons. The van der Waals surface area contributed by atoms with Gasteiger partial charge in [-0.15, -0.1) is 0 Å². The predicted molar refractivity (Wildman–Crippen MR) is 91.7 cm³/mol. The van der Waals surface area contributed by atoms with Crippen LogP contribution in [-0.4, -0.2) is 18.2 Å². The van der Waals surface area contributed by atoms with E-state index in [4.69, 9.17) is 4.74 Å². The summed E-state index contributed by atoms with van der Waals surface area (Å²) in [7, 11) is -1.97. The second-order valence-corrected chi connectivity index (χ2v) is 6.91. The topological polar surface area (TPSA) is 73.2 Å². The van der Waals surface area contributed by atoms with Gasteiger partial charge in [-0.05, 0) is 43.3 Å². The van der Waals surface area contributed by atoms with Gasteiger partial charge in [-0.1, -0.05) is 18.2 Å². The summed E-state index contributed by atoms with van der Waals surface area (Å²) in [4.78, 5) is 0.162. The monoisotopic (exact) mass is 343 g/mol. The molecule has 0 saturated carbocycles. The zero-order valence-corrected chi connectivity index (χ0v) is 14.1. The molecule has 0 bridgehead atoms. The number of benzene rings is 2. The van der Waals surface area contributed by atoms with Gasteiger partial charge >= 0.3 is 0 Å². The first-order chi connectivity index (χ1) is 11.5. The molecule has 7 heteroatoms. The average Bonchev–Trinajstić information content (AvgIpc) is 2.90. The number of ether oxygens (including phenoxy) is 1. The van der Waals surface area contributed by atoms with Crippen molar-refractivity contribution in [1.82, 2.24) is 9.78 Å². The molecule has 0 aliphatic rings. The minimum absolute atomic E-state index is 0.162. The Bertz CT molecular complexity index is 933. The molecular weight excluding hydrogens is 326 g/mol. The summed E-state index contributed by atoms with van der Waals surface area (Å²) < 4.78 is 34.6. The van der Waals surface area contributed by atoms with Gasteiger partial charge in [-0.25, -0.2) is 8.42 Å². The second-order valence-electron chi connectivity index (χ2n) is 5.26. The number of anilines is 1. The largest absolute Gasteiger partial charge is 0.457 e. The van der Waals surface area contributed by atoms with Crippen molar-refractivity contribution in [2.24, 2.45) is 7.05 Å². The van der Waals surface area contributed by atoms with Gasteiger partial charge in [0.25, 0.3) is 10.0 Å². The smallest absolute Gasteiger partial charge is 0.265 e. The van der Waals surface area contributed by atoms with Crippen molar-refractivity contribution in [2.45, 2.75) is 11.8 Å². The third-order valence-electron chi connectivity index (χ3n) is 3.57. The van der Waals surface area contributed by atoms with Gasteiger partial charge in [-0.3, -0.25) is 9.40 Å². The molecule has 0 atom stereocenters. The van der Waals surface area contributed by atoms with Crippen molar-refractivity contribution in [3.05, 3.63) is 66.5 Å². The highest BCUT2D eigenvalue weighted by Crippen LogP contribution is 2.24. The predicted octanol–water partition coefficient (Wildman–Crippen LogP) is 3.32. The van der Waals surface area contributed by atoms with Gasteiger partial charge in [0.05, 0.1) is 11.9 Å². The third kappa shape index (κ3) is 3.41. The number of sulfonamides is 1. The Kier molecular flexibility index (Phi) is 4.26. The van der Waals surface area contributed by atoms with E-state index in [9.17, 15) is 8.42 Å². The maximum absolute atomic E-state index is 12.4. The number of hydrogen-bond donors (Lipinski definition) is 1. The standard InChI is InChI=1S/C17H17N3O3S/c1-13-17(12-18-20(13)2)24(21,22)19-14-8-10-16(11-9-14)23-15-6-4-3-5-7-15/h3-12,19H,1-2H3. The number of rotatable bonds is 5. The highest BCUT2D eigenvalue weighted by Gasteiger charge is 2.20. The molecule has 0 spiro atoms. The maximum atomic E-state index is 12.4. The quantitative estimate of drug-likeness (QED) is 0.771. The molecule has 0 unspecified atom stereocenters. The lowest BCUT2D eigenvalue weighted by Crippen LogP contribution is -2.13. The van der Waals surface area contributed by atoms with E-state index in [2.05, 4.69) is 9.82 Å². The fraction of sp³-hybridized carbons (Fsp3) is 0.118. The van der Waals surface area contributed by atoms with E-state index in [1.165, 1.54) is 10.9 Å². The van der Waals surface area contributed by atoms with Crippen molar-refractivity contribution in [3.63, 3.8) is 0 Å². The van der Waals surface area contributed by atoms with E-state index in [1.807, 2.05) is 30.3 Å². The molecule has 3 aromatic rings. The second kappa shape index (κ2) is 6.37. The Hall–Kier alpha value is -2.80. The van der Waals surface area contributed by atoms with Gasteiger partial charge in [0.1, 0.15) is 16.4 Å². The molecule has 1 N–H and O–H groups in total. The lowest BCUT2D eigenvalue weighted by molar-refractivity contribution is 0.483. The van der Waals surface area contributed by atoms with Crippen LogP contribution in [0, 0.1) is 6.92 Å². The fourth-order valence-corrected chi connectivity index (χ4v) is 3.43. The van der Waals surface area contributed by atoms with Crippen molar-refractivity contribution in [3.8, 4) is 11.5 Å². The highest BCUT2D eigenvalue weighted by molar-refractivity contribution is 7.92. The Labute approximate surface area is 140 Å². The number of hydrogen-bond acceptors (Lipinski definition) is 4. The van der Waals surface area contributed by atoms with E-state index < -0.39 is 10.0 Å².